The molecule has 3 aromatic heterocycles. The fourth-order valence-electron chi connectivity index (χ4n) is 4.98. The zero-order chi connectivity index (χ0) is 29.5. The molecular weight excluding hydrogens is 544 g/mol. The number of fused-ring (bicyclic) bond motifs is 1. The highest BCUT2D eigenvalue weighted by molar-refractivity contribution is 5.98. The first-order valence-electron chi connectivity index (χ1n) is 12.4. The number of likely N-dealkylation sites (tertiary alicyclic amines) is 1. The average Bonchev–Trinajstić information content (AvgIpc) is 3.54. The Kier molecular flexibility index (Phi) is 7.22. The van der Waals surface area contributed by atoms with Crippen LogP contribution >= 0.6 is 0 Å². The summed E-state index contributed by atoms with van der Waals surface area (Å²) < 4.78 is 62.6. The van der Waals surface area contributed by atoms with E-state index < -0.39 is 35.4 Å². The van der Waals surface area contributed by atoms with Crippen LogP contribution in [0, 0.1) is 11.3 Å². The van der Waals surface area contributed by atoms with E-state index in [1.54, 1.807) is 18.2 Å². The fraction of sp³-hybridized carbons (Fsp3) is 0.296. The number of nitrogen functional groups attached to an aromatic ring is 1. The van der Waals surface area contributed by atoms with Crippen LogP contribution in [0.2, 0.25) is 0 Å². The number of nitrogens with two attached hydrogens (primary N) is 1. The van der Waals surface area contributed by atoms with Crippen molar-refractivity contribution in [2.45, 2.75) is 31.4 Å². The maximum atomic E-state index is 15.1. The standard InChI is InChI=1S/C27H24F4N8O2/c1-14(16-5-3-4-15(6-16)9-32)38-11-20(28)21(12-38)37-25(40)18-7-17(10-34-26(18)41-2)22-8-19(27(29,30)31)23-24(33)35-13-36-39(22)23/h3-8,10,13-14,20-21H,11-12H2,1-2H3,(H,37,40)(H2,33,35,36)/t14?,20-,21+/m0/s1. The van der Waals surface area contributed by atoms with Crippen LogP contribution in [0.15, 0.2) is 48.9 Å². The predicted molar refractivity (Wildman–Crippen MR) is 139 cm³/mol. The summed E-state index contributed by atoms with van der Waals surface area (Å²) in [6.07, 6.45) is -3.89. The number of carbonyl (C=O) groups is 1. The molecule has 0 saturated carbocycles. The number of aromatic nitrogens is 4. The van der Waals surface area contributed by atoms with Crippen LogP contribution in [-0.2, 0) is 6.18 Å². The first-order valence-corrected chi connectivity index (χ1v) is 12.4. The smallest absolute Gasteiger partial charge is 0.418 e. The number of nitriles is 1. The van der Waals surface area contributed by atoms with Gasteiger partial charge in [0.15, 0.2) is 5.82 Å². The number of nitrogens with zero attached hydrogens (tertiary/aromatic N) is 6. The minimum absolute atomic E-state index is 0.0329. The number of benzene rings is 1. The minimum Gasteiger partial charge on any atom is -0.480 e. The van der Waals surface area contributed by atoms with Crippen molar-refractivity contribution in [3.63, 3.8) is 0 Å². The number of anilines is 1. The number of halogens is 4. The molecule has 0 spiro atoms. The van der Waals surface area contributed by atoms with Gasteiger partial charge in [0.2, 0.25) is 5.88 Å². The first-order chi connectivity index (χ1) is 19.5. The summed E-state index contributed by atoms with van der Waals surface area (Å²) in [6.45, 7) is 2.13. The number of carbonyl (C=O) groups excluding carboxylic acids is 1. The molecule has 1 amide bonds. The second-order valence-electron chi connectivity index (χ2n) is 9.59. The highest BCUT2D eigenvalue weighted by atomic mass is 19.4. The van der Waals surface area contributed by atoms with Gasteiger partial charge < -0.3 is 15.8 Å². The minimum atomic E-state index is -4.75. The van der Waals surface area contributed by atoms with Gasteiger partial charge in [-0.05, 0) is 36.8 Å². The van der Waals surface area contributed by atoms with Crippen molar-refractivity contribution in [1.82, 2.24) is 29.8 Å². The molecule has 10 nitrogen and oxygen atoms in total. The molecule has 14 heteroatoms. The normalized spacial score (nSPS) is 18.3. The Bertz CT molecular complexity index is 1670. The topological polar surface area (TPSA) is 134 Å². The number of methoxy groups -OCH3 is 1. The number of nitrogens with one attached hydrogen (secondary N) is 1. The Labute approximate surface area is 231 Å². The van der Waals surface area contributed by atoms with Gasteiger partial charge in [0.1, 0.15) is 23.6 Å². The van der Waals surface area contributed by atoms with Crippen LogP contribution in [-0.4, -0.2) is 62.8 Å². The van der Waals surface area contributed by atoms with Gasteiger partial charge in [-0.2, -0.15) is 23.5 Å². The summed E-state index contributed by atoms with van der Waals surface area (Å²) in [4.78, 5) is 23.0. The number of hydrogen-bond donors (Lipinski definition) is 2. The molecule has 1 fully saturated rings. The molecule has 3 atom stereocenters. The largest absolute Gasteiger partial charge is 0.480 e. The Hall–Kier alpha value is -4.77. The highest BCUT2D eigenvalue weighted by Crippen LogP contribution is 2.39. The van der Waals surface area contributed by atoms with Crippen LogP contribution in [0.25, 0.3) is 16.8 Å². The number of alkyl halides is 4. The summed E-state index contributed by atoms with van der Waals surface area (Å²) >= 11 is 0. The van der Waals surface area contributed by atoms with E-state index in [-0.39, 0.29) is 47.7 Å². The molecule has 4 aromatic rings. The third kappa shape index (κ3) is 5.23. The van der Waals surface area contributed by atoms with Gasteiger partial charge in [0.05, 0.1) is 36.0 Å². The van der Waals surface area contributed by atoms with Crippen molar-refractivity contribution in [2.75, 3.05) is 25.9 Å². The average molecular weight is 569 g/mol. The summed E-state index contributed by atoms with van der Waals surface area (Å²) in [6, 6.07) is 10.2. The van der Waals surface area contributed by atoms with Crippen LogP contribution in [0.5, 0.6) is 5.88 Å². The van der Waals surface area contributed by atoms with Gasteiger partial charge in [0, 0.05) is 30.9 Å². The van der Waals surface area contributed by atoms with E-state index in [4.69, 9.17) is 10.5 Å². The Morgan fingerprint density at radius 3 is 2.73 bits per heavy atom. The molecule has 212 valence electrons. The molecule has 4 heterocycles. The molecule has 1 aliphatic rings. The molecule has 41 heavy (non-hydrogen) atoms. The van der Waals surface area contributed by atoms with Gasteiger partial charge in [-0.3, -0.25) is 9.69 Å². The molecule has 1 saturated heterocycles. The molecule has 1 aromatic carbocycles. The maximum Gasteiger partial charge on any atom is 0.418 e. The van der Waals surface area contributed by atoms with Crippen molar-refractivity contribution >= 4 is 17.2 Å². The number of hydrogen-bond acceptors (Lipinski definition) is 8. The second kappa shape index (κ2) is 10.7. The van der Waals surface area contributed by atoms with Gasteiger partial charge >= 0.3 is 6.18 Å². The maximum absolute atomic E-state index is 15.1. The molecule has 0 radical (unpaired) electrons. The summed E-state index contributed by atoms with van der Waals surface area (Å²) in [7, 11) is 1.29. The second-order valence-corrected chi connectivity index (χ2v) is 9.59. The zero-order valence-electron chi connectivity index (χ0n) is 21.9. The van der Waals surface area contributed by atoms with Crippen molar-refractivity contribution in [3.8, 4) is 23.2 Å². The monoisotopic (exact) mass is 568 g/mol. The first kappa shape index (κ1) is 27.8. The van der Waals surface area contributed by atoms with E-state index in [1.165, 1.54) is 19.4 Å². The van der Waals surface area contributed by atoms with Crippen molar-refractivity contribution < 1.29 is 27.1 Å². The third-order valence-electron chi connectivity index (χ3n) is 7.11. The van der Waals surface area contributed by atoms with E-state index >= 15 is 4.39 Å². The van der Waals surface area contributed by atoms with Crippen LogP contribution in [0.4, 0.5) is 23.4 Å². The number of amides is 1. The SMILES string of the molecule is COc1ncc(-c2cc(C(F)(F)F)c3c(N)ncnn23)cc1C(=O)N[C@@H]1CN(C(C)c2cccc(C#N)c2)C[C@@H]1F. The van der Waals surface area contributed by atoms with Gasteiger partial charge in [-0.15, -0.1) is 0 Å². The lowest BCUT2D eigenvalue weighted by Gasteiger charge is -2.24. The van der Waals surface area contributed by atoms with E-state index in [1.807, 2.05) is 17.9 Å². The number of ether oxygens (including phenoxy) is 1. The molecule has 1 unspecified atom stereocenters. The van der Waals surface area contributed by atoms with Crippen molar-refractivity contribution in [1.29, 1.82) is 5.26 Å². The summed E-state index contributed by atoms with van der Waals surface area (Å²) in [5.74, 6) is -1.17. The zero-order valence-corrected chi connectivity index (χ0v) is 21.9. The molecule has 0 bridgehead atoms. The molecule has 5 rings (SSSR count). The quantitative estimate of drug-likeness (QED) is 0.336. The molecule has 0 aliphatic carbocycles. The predicted octanol–water partition coefficient (Wildman–Crippen LogP) is 3.79. The third-order valence-corrected chi connectivity index (χ3v) is 7.11. The number of pyridine rings is 1. The van der Waals surface area contributed by atoms with E-state index in [2.05, 4.69) is 26.5 Å². The molecule has 1 aliphatic heterocycles. The van der Waals surface area contributed by atoms with Crippen LogP contribution in [0.3, 0.4) is 0 Å². The Balaban J connectivity index is 1.42. The van der Waals surface area contributed by atoms with Crippen LogP contribution in [0.1, 0.15) is 40.0 Å². The Morgan fingerprint density at radius 1 is 1.24 bits per heavy atom. The highest BCUT2D eigenvalue weighted by Gasteiger charge is 2.38. The molecule has 3 N–H and O–H groups in total. The lowest BCUT2D eigenvalue weighted by atomic mass is 10.0. The van der Waals surface area contributed by atoms with Gasteiger partial charge in [-0.1, -0.05) is 12.1 Å². The van der Waals surface area contributed by atoms with Gasteiger partial charge in [0.25, 0.3) is 5.91 Å². The fourth-order valence-corrected chi connectivity index (χ4v) is 4.98. The van der Waals surface area contributed by atoms with Gasteiger partial charge in [-0.25, -0.2) is 18.9 Å². The van der Waals surface area contributed by atoms with Crippen molar-refractivity contribution in [2.24, 2.45) is 0 Å². The summed E-state index contributed by atoms with van der Waals surface area (Å²) in [5, 5.41) is 15.8. The van der Waals surface area contributed by atoms with Crippen LogP contribution < -0.4 is 15.8 Å². The lowest BCUT2D eigenvalue weighted by Crippen LogP contribution is -2.41. The summed E-state index contributed by atoms with van der Waals surface area (Å²) in [5.41, 5.74) is 5.56. The lowest BCUT2D eigenvalue weighted by molar-refractivity contribution is -0.136. The molecular formula is C27H24F4N8O2. The number of rotatable bonds is 6. The van der Waals surface area contributed by atoms with Crippen molar-refractivity contribution in [3.05, 3.63) is 71.2 Å². The Morgan fingerprint density at radius 2 is 2.02 bits per heavy atom. The van der Waals surface area contributed by atoms with E-state index in [9.17, 15) is 23.2 Å². The van der Waals surface area contributed by atoms with E-state index in [0.717, 1.165) is 22.5 Å². The van der Waals surface area contributed by atoms with E-state index in [0.29, 0.717) is 5.56 Å².